The molecule has 1 aliphatic heterocycles. The Bertz CT molecular complexity index is 877. The first-order valence-corrected chi connectivity index (χ1v) is 7.80. The maximum atomic E-state index is 4.87. The van der Waals surface area contributed by atoms with E-state index in [1.165, 1.54) is 27.6 Å². The van der Waals surface area contributed by atoms with Crippen molar-refractivity contribution in [3.8, 4) is 0 Å². The highest BCUT2D eigenvalue weighted by atomic mass is 14.8. The smallest absolute Gasteiger partial charge is 0.0677 e. The van der Waals surface area contributed by atoms with E-state index < -0.39 is 0 Å². The molecule has 1 nitrogen and oxygen atoms in total. The summed E-state index contributed by atoms with van der Waals surface area (Å²) in [5.74, 6) is 0. The predicted molar refractivity (Wildman–Crippen MR) is 94.2 cm³/mol. The van der Waals surface area contributed by atoms with Crippen molar-refractivity contribution in [2.24, 2.45) is 4.99 Å². The van der Waals surface area contributed by atoms with Gasteiger partial charge in [-0.15, -0.1) is 0 Å². The van der Waals surface area contributed by atoms with E-state index >= 15 is 0 Å². The molecule has 4 rings (SSSR count). The second kappa shape index (κ2) is 4.81. The zero-order valence-electron chi connectivity index (χ0n) is 13.0. The number of hydrogen-bond acceptors (Lipinski definition) is 1. The van der Waals surface area contributed by atoms with Gasteiger partial charge >= 0.3 is 0 Å². The SMILES string of the molecule is CC1=Nc2ccc3ccccc3c2[C@]1(C)Cc1ccccc1. The monoisotopic (exact) mass is 285 g/mol. The predicted octanol–water partition coefficient (Wildman–Crippen LogP) is 5.45. The molecule has 1 atom stereocenters. The molecule has 0 N–H and O–H groups in total. The van der Waals surface area contributed by atoms with Crippen molar-refractivity contribution in [3.63, 3.8) is 0 Å². The molecule has 0 fully saturated rings. The van der Waals surface area contributed by atoms with Crippen molar-refractivity contribution in [2.45, 2.75) is 25.7 Å². The normalized spacial score (nSPS) is 20.0. The Balaban J connectivity index is 1.92. The lowest BCUT2D eigenvalue weighted by Gasteiger charge is -2.27. The van der Waals surface area contributed by atoms with Gasteiger partial charge in [0.2, 0.25) is 0 Å². The van der Waals surface area contributed by atoms with Crippen LogP contribution >= 0.6 is 0 Å². The molecule has 3 aromatic rings. The summed E-state index contributed by atoms with van der Waals surface area (Å²) >= 11 is 0. The molecule has 0 bridgehead atoms. The molecule has 0 aromatic heterocycles. The third-order valence-corrected chi connectivity index (χ3v) is 4.95. The number of aliphatic imine (C=N–C) groups is 1. The molecule has 0 saturated heterocycles. The standard InChI is InChI=1S/C21H19N/c1-15-21(2,14-16-8-4-3-5-9-16)20-18-11-7-6-10-17(18)12-13-19(20)22-15/h3-13H,14H2,1-2H3/t21-/m1/s1. The number of nitrogens with zero attached hydrogens (tertiary/aromatic N) is 1. The lowest BCUT2D eigenvalue weighted by molar-refractivity contribution is 0.650. The Morgan fingerprint density at radius 1 is 0.864 bits per heavy atom. The van der Waals surface area contributed by atoms with E-state index in [0.29, 0.717) is 0 Å². The minimum atomic E-state index is -0.0302. The van der Waals surface area contributed by atoms with Crippen LogP contribution in [-0.4, -0.2) is 5.71 Å². The summed E-state index contributed by atoms with van der Waals surface area (Å²) < 4.78 is 0. The Hall–Kier alpha value is -2.41. The van der Waals surface area contributed by atoms with Gasteiger partial charge in [0, 0.05) is 11.1 Å². The Morgan fingerprint density at radius 2 is 1.59 bits per heavy atom. The second-order valence-electron chi connectivity index (χ2n) is 6.37. The van der Waals surface area contributed by atoms with Gasteiger partial charge in [-0.25, -0.2) is 0 Å². The molecule has 1 heterocycles. The van der Waals surface area contributed by atoms with Gasteiger partial charge in [-0.3, -0.25) is 4.99 Å². The van der Waals surface area contributed by atoms with Crippen LogP contribution in [0.25, 0.3) is 10.8 Å². The summed E-state index contributed by atoms with van der Waals surface area (Å²) in [6.45, 7) is 4.49. The molecule has 0 spiro atoms. The average Bonchev–Trinajstić information content (AvgIpc) is 2.80. The van der Waals surface area contributed by atoms with Crippen LogP contribution in [0.2, 0.25) is 0 Å². The summed E-state index contributed by atoms with van der Waals surface area (Å²) in [7, 11) is 0. The highest BCUT2D eigenvalue weighted by molar-refractivity contribution is 6.06. The maximum absolute atomic E-state index is 4.87. The van der Waals surface area contributed by atoms with Crippen molar-refractivity contribution < 1.29 is 0 Å². The molecular formula is C21H19N. The molecule has 3 aromatic carbocycles. The topological polar surface area (TPSA) is 12.4 Å². The van der Waals surface area contributed by atoms with Crippen LogP contribution in [0, 0.1) is 0 Å². The van der Waals surface area contributed by atoms with Gasteiger partial charge in [0.05, 0.1) is 5.69 Å². The van der Waals surface area contributed by atoms with Gasteiger partial charge in [-0.1, -0.05) is 60.7 Å². The van der Waals surface area contributed by atoms with Crippen molar-refractivity contribution in [1.82, 2.24) is 0 Å². The summed E-state index contributed by atoms with van der Waals surface area (Å²) in [5, 5.41) is 2.63. The number of fused-ring (bicyclic) bond motifs is 3. The Kier molecular flexibility index (Phi) is 2.90. The largest absolute Gasteiger partial charge is 0.257 e. The van der Waals surface area contributed by atoms with Gasteiger partial charge in [0.25, 0.3) is 0 Å². The van der Waals surface area contributed by atoms with Crippen LogP contribution < -0.4 is 0 Å². The van der Waals surface area contributed by atoms with Crippen LogP contribution in [-0.2, 0) is 11.8 Å². The molecule has 0 radical (unpaired) electrons. The van der Waals surface area contributed by atoms with Crippen LogP contribution in [0.15, 0.2) is 71.7 Å². The van der Waals surface area contributed by atoms with E-state index in [4.69, 9.17) is 4.99 Å². The average molecular weight is 285 g/mol. The van der Waals surface area contributed by atoms with E-state index in [1.807, 2.05) is 0 Å². The van der Waals surface area contributed by atoms with Gasteiger partial charge in [0.1, 0.15) is 0 Å². The van der Waals surface area contributed by atoms with E-state index in [1.54, 1.807) is 0 Å². The molecule has 0 amide bonds. The third kappa shape index (κ3) is 1.89. The zero-order valence-corrected chi connectivity index (χ0v) is 13.0. The number of hydrogen-bond donors (Lipinski definition) is 0. The lowest BCUT2D eigenvalue weighted by atomic mass is 9.73. The molecule has 1 aliphatic rings. The first-order valence-electron chi connectivity index (χ1n) is 7.80. The first kappa shape index (κ1) is 13.3. The fourth-order valence-electron chi connectivity index (χ4n) is 3.64. The highest BCUT2D eigenvalue weighted by Crippen LogP contribution is 2.45. The quantitative estimate of drug-likeness (QED) is 0.594. The van der Waals surface area contributed by atoms with Crippen LogP contribution in [0.5, 0.6) is 0 Å². The Labute approximate surface area is 131 Å². The highest BCUT2D eigenvalue weighted by Gasteiger charge is 2.38. The van der Waals surface area contributed by atoms with E-state index in [-0.39, 0.29) is 5.41 Å². The van der Waals surface area contributed by atoms with Gasteiger partial charge in [-0.05, 0) is 48.2 Å². The van der Waals surface area contributed by atoms with Gasteiger partial charge in [0.15, 0.2) is 0 Å². The van der Waals surface area contributed by atoms with E-state index in [0.717, 1.165) is 12.1 Å². The molecule has 0 aliphatic carbocycles. The van der Waals surface area contributed by atoms with Crippen LogP contribution in [0.4, 0.5) is 5.69 Å². The number of rotatable bonds is 2. The van der Waals surface area contributed by atoms with Crippen LogP contribution in [0.1, 0.15) is 25.0 Å². The van der Waals surface area contributed by atoms with Crippen molar-refractivity contribution in [1.29, 1.82) is 0 Å². The van der Waals surface area contributed by atoms with Gasteiger partial charge in [-0.2, -0.15) is 0 Å². The molecule has 1 heteroatoms. The van der Waals surface area contributed by atoms with Gasteiger partial charge < -0.3 is 0 Å². The van der Waals surface area contributed by atoms with Crippen LogP contribution in [0.3, 0.4) is 0 Å². The molecule has 108 valence electrons. The first-order chi connectivity index (χ1) is 10.7. The molecule has 22 heavy (non-hydrogen) atoms. The Morgan fingerprint density at radius 3 is 2.41 bits per heavy atom. The summed E-state index contributed by atoms with van der Waals surface area (Å²) in [4.78, 5) is 4.87. The summed E-state index contributed by atoms with van der Waals surface area (Å²) in [6, 6.07) is 23.7. The summed E-state index contributed by atoms with van der Waals surface area (Å²) in [6.07, 6.45) is 0.990. The van der Waals surface area contributed by atoms with E-state index in [9.17, 15) is 0 Å². The lowest BCUT2D eigenvalue weighted by Crippen LogP contribution is -2.30. The fourth-order valence-corrected chi connectivity index (χ4v) is 3.64. The maximum Gasteiger partial charge on any atom is 0.0677 e. The minimum Gasteiger partial charge on any atom is -0.257 e. The third-order valence-electron chi connectivity index (χ3n) is 4.95. The molecular weight excluding hydrogens is 266 g/mol. The van der Waals surface area contributed by atoms with Crippen molar-refractivity contribution >= 4 is 22.2 Å². The molecule has 0 saturated carbocycles. The number of benzene rings is 3. The fraction of sp³-hybridized carbons (Fsp3) is 0.190. The minimum absolute atomic E-state index is 0.0302. The molecule has 0 unspecified atom stereocenters. The zero-order chi connectivity index (χ0) is 15.2. The summed E-state index contributed by atoms with van der Waals surface area (Å²) in [5.41, 5.74) is 5.06. The van der Waals surface area contributed by atoms with Crippen molar-refractivity contribution in [2.75, 3.05) is 0 Å². The van der Waals surface area contributed by atoms with E-state index in [2.05, 4.69) is 80.6 Å². The second-order valence-corrected chi connectivity index (χ2v) is 6.37. The van der Waals surface area contributed by atoms with Crippen molar-refractivity contribution in [3.05, 3.63) is 77.9 Å².